The summed E-state index contributed by atoms with van der Waals surface area (Å²) in [4.78, 5) is 16.2. The van der Waals surface area contributed by atoms with Crippen molar-refractivity contribution in [2.45, 2.75) is 25.4 Å². The van der Waals surface area contributed by atoms with Gasteiger partial charge in [0.15, 0.2) is 0 Å². The number of hydrogen-bond donors (Lipinski definition) is 0. The summed E-state index contributed by atoms with van der Waals surface area (Å²) in [6.45, 7) is 2.81. The number of rotatable bonds is 1. The highest BCUT2D eigenvalue weighted by atomic mass is 16.5. The molecule has 4 heteroatoms. The number of hydrogen-bond acceptors (Lipinski definition) is 3. The zero-order valence-electron chi connectivity index (χ0n) is 11.9. The molecule has 4 nitrogen and oxygen atoms in total. The predicted octanol–water partition coefficient (Wildman–Crippen LogP) is 1.89. The van der Waals surface area contributed by atoms with Gasteiger partial charge in [0, 0.05) is 26.1 Å². The molecule has 3 rings (SSSR count). The van der Waals surface area contributed by atoms with Crippen molar-refractivity contribution in [1.29, 1.82) is 0 Å². The Hall–Kier alpha value is -1.55. The largest absolute Gasteiger partial charge is 0.496 e. The lowest BCUT2D eigenvalue weighted by Crippen LogP contribution is -2.30. The van der Waals surface area contributed by atoms with Crippen molar-refractivity contribution in [3.63, 3.8) is 0 Å². The number of ether oxygens (including phenoxy) is 1. The molecule has 1 aromatic carbocycles. The second kappa shape index (κ2) is 4.23. The molecule has 2 aliphatic heterocycles. The second-order valence-electron chi connectivity index (χ2n) is 5.63. The number of methoxy groups -OCH3 is 1. The number of aryl methyl sites for hydroxylation is 1. The molecule has 1 saturated heterocycles. The van der Waals surface area contributed by atoms with E-state index in [0.717, 1.165) is 17.9 Å². The normalized spacial score (nSPS) is 26.3. The maximum atomic E-state index is 12.0. The lowest BCUT2D eigenvalue weighted by atomic mass is 9.95. The molecule has 2 unspecified atom stereocenters. The number of nitrogens with zero attached hydrogens (tertiary/aromatic N) is 2. The van der Waals surface area contributed by atoms with Crippen LogP contribution in [0.2, 0.25) is 0 Å². The first-order valence-electron chi connectivity index (χ1n) is 6.67. The van der Waals surface area contributed by atoms with E-state index in [1.807, 2.05) is 11.9 Å². The highest BCUT2D eigenvalue weighted by Gasteiger charge is 2.41. The van der Waals surface area contributed by atoms with Crippen LogP contribution < -0.4 is 4.74 Å². The minimum Gasteiger partial charge on any atom is -0.496 e. The molecule has 1 aromatic rings. The Morgan fingerprint density at radius 2 is 1.89 bits per heavy atom. The van der Waals surface area contributed by atoms with Crippen molar-refractivity contribution in [2.75, 3.05) is 27.7 Å². The number of carbonyl (C=O) groups is 1. The van der Waals surface area contributed by atoms with Gasteiger partial charge in [0.25, 0.3) is 0 Å². The van der Waals surface area contributed by atoms with Gasteiger partial charge in [-0.05, 0) is 36.7 Å². The first kappa shape index (κ1) is 12.5. The molecule has 0 aromatic heterocycles. The zero-order chi connectivity index (χ0) is 13.7. The summed E-state index contributed by atoms with van der Waals surface area (Å²) in [6.07, 6.45) is 0.572. The van der Waals surface area contributed by atoms with E-state index in [1.165, 1.54) is 11.1 Å². The van der Waals surface area contributed by atoms with Crippen LogP contribution >= 0.6 is 0 Å². The van der Waals surface area contributed by atoms with E-state index < -0.39 is 0 Å². The lowest BCUT2D eigenvalue weighted by molar-refractivity contribution is -0.129. The van der Waals surface area contributed by atoms with Gasteiger partial charge in [0.2, 0.25) is 5.91 Å². The van der Waals surface area contributed by atoms with E-state index in [2.05, 4.69) is 31.0 Å². The minimum atomic E-state index is 0.210. The van der Waals surface area contributed by atoms with Crippen molar-refractivity contribution in [3.05, 3.63) is 28.8 Å². The highest BCUT2D eigenvalue weighted by molar-refractivity contribution is 5.78. The number of fused-ring (bicyclic) bond motifs is 5. The topological polar surface area (TPSA) is 32.8 Å². The first-order chi connectivity index (χ1) is 9.02. The summed E-state index contributed by atoms with van der Waals surface area (Å²) in [5.74, 6) is 1.17. The van der Waals surface area contributed by atoms with Gasteiger partial charge >= 0.3 is 0 Å². The van der Waals surface area contributed by atoms with Gasteiger partial charge in [-0.25, -0.2) is 0 Å². The second-order valence-corrected chi connectivity index (χ2v) is 5.63. The zero-order valence-corrected chi connectivity index (χ0v) is 11.9. The molecular formula is C15H20N2O2. The molecule has 0 radical (unpaired) electrons. The molecule has 2 aliphatic rings. The van der Waals surface area contributed by atoms with Crippen molar-refractivity contribution in [2.24, 2.45) is 0 Å². The number of likely N-dealkylation sites (N-methyl/N-ethyl adjacent to an activating group) is 2. The van der Waals surface area contributed by atoms with Crippen LogP contribution in [0.5, 0.6) is 5.75 Å². The lowest BCUT2D eigenvalue weighted by Gasteiger charge is -2.24. The molecule has 0 aliphatic carbocycles. The quantitative estimate of drug-likeness (QED) is 0.773. The summed E-state index contributed by atoms with van der Waals surface area (Å²) >= 11 is 0. The molecule has 102 valence electrons. The Labute approximate surface area is 113 Å². The fraction of sp³-hybridized carbons (Fsp3) is 0.533. The Bertz CT molecular complexity index is 541. The molecule has 1 fully saturated rings. The summed E-state index contributed by atoms with van der Waals surface area (Å²) in [6, 6.07) is 4.83. The Balaban J connectivity index is 2.13. The van der Waals surface area contributed by atoms with Crippen LogP contribution in [0.25, 0.3) is 0 Å². The van der Waals surface area contributed by atoms with E-state index in [9.17, 15) is 4.79 Å². The fourth-order valence-electron chi connectivity index (χ4n) is 3.34. The van der Waals surface area contributed by atoms with E-state index in [4.69, 9.17) is 4.74 Å². The smallest absolute Gasteiger partial charge is 0.224 e. The van der Waals surface area contributed by atoms with Gasteiger partial charge in [-0.15, -0.1) is 0 Å². The predicted molar refractivity (Wildman–Crippen MR) is 73.2 cm³/mol. The number of benzene rings is 1. The monoisotopic (exact) mass is 260 g/mol. The molecule has 0 spiro atoms. The summed E-state index contributed by atoms with van der Waals surface area (Å²) in [7, 11) is 5.72. The molecule has 2 atom stereocenters. The van der Waals surface area contributed by atoms with Crippen LogP contribution in [0.15, 0.2) is 12.1 Å². The third-order valence-electron chi connectivity index (χ3n) is 4.54. The molecule has 1 amide bonds. The molecule has 19 heavy (non-hydrogen) atoms. The first-order valence-corrected chi connectivity index (χ1v) is 6.67. The maximum Gasteiger partial charge on any atom is 0.224 e. The summed E-state index contributed by atoms with van der Waals surface area (Å²) in [5.41, 5.74) is 3.75. The van der Waals surface area contributed by atoms with Crippen LogP contribution in [-0.4, -0.2) is 43.5 Å². The number of carbonyl (C=O) groups excluding carboxylic acids is 1. The Morgan fingerprint density at radius 3 is 2.58 bits per heavy atom. The van der Waals surface area contributed by atoms with E-state index in [1.54, 1.807) is 7.11 Å². The van der Waals surface area contributed by atoms with E-state index >= 15 is 0 Å². The van der Waals surface area contributed by atoms with Crippen LogP contribution in [0.4, 0.5) is 0 Å². The van der Waals surface area contributed by atoms with Crippen LogP contribution in [0, 0.1) is 6.92 Å². The van der Waals surface area contributed by atoms with Gasteiger partial charge < -0.3 is 9.64 Å². The highest BCUT2D eigenvalue weighted by Crippen LogP contribution is 2.46. The van der Waals surface area contributed by atoms with Crippen molar-refractivity contribution < 1.29 is 9.53 Å². The van der Waals surface area contributed by atoms with Crippen LogP contribution in [0.1, 0.15) is 35.2 Å². The molecule has 2 bridgehead atoms. The van der Waals surface area contributed by atoms with E-state index in [-0.39, 0.29) is 18.0 Å². The summed E-state index contributed by atoms with van der Waals surface area (Å²) < 4.78 is 5.43. The van der Waals surface area contributed by atoms with Gasteiger partial charge in [-0.3, -0.25) is 9.69 Å². The van der Waals surface area contributed by atoms with Gasteiger partial charge in [0.1, 0.15) is 5.75 Å². The third kappa shape index (κ3) is 1.74. The minimum absolute atomic E-state index is 0.210. The third-order valence-corrected chi connectivity index (χ3v) is 4.54. The molecule has 0 saturated carbocycles. The standard InChI is InChI=1S/C15H20N2O2/c1-9-5-10-11(6-14(9)19-4)13-8-16(2)15(18)7-12(10)17(13)3/h5-6,12-13H,7-8H2,1-4H3. The molecular weight excluding hydrogens is 240 g/mol. The van der Waals surface area contributed by atoms with Gasteiger partial charge in [0.05, 0.1) is 13.2 Å². The molecule has 0 N–H and O–H groups in total. The van der Waals surface area contributed by atoms with Crippen LogP contribution in [0.3, 0.4) is 0 Å². The van der Waals surface area contributed by atoms with Crippen molar-refractivity contribution >= 4 is 5.91 Å². The summed E-state index contributed by atoms with van der Waals surface area (Å²) in [5, 5.41) is 0. The maximum absolute atomic E-state index is 12.0. The average Bonchev–Trinajstić information content (AvgIpc) is 2.55. The van der Waals surface area contributed by atoms with Gasteiger partial charge in [-0.2, -0.15) is 0 Å². The number of amides is 1. The van der Waals surface area contributed by atoms with Crippen molar-refractivity contribution in [3.8, 4) is 5.75 Å². The van der Waals surface area contributed by atoms with Crippen LogP contribution in [-0.2, 0) is 4.79 Å². The van der Waals surface area contributed by atoms with Gasteiger partial charge in [-0.1, -0.05) is 6.07 Å². The Morgan fingerprint density at radius 1 is 1.21 bits per heavy atom. The SMILES string of the molecule is COc1cc2c(cc1C)C1CC(=O)N(C)CC2N1C. The van der Waals surface area contributed by atoms with Crippen molar-refractivity contribution in [1.82, 2.24) is 9.80 Å². The average molecular weight is 260 g/mol. The van der Waals surface area contributed by atoms with E-state index in [0.29, 0.717) is 6.42 Å². The Kier molecular flexibility index (Phi) is 2.78. The fourth-order valence-corrected chi connectivity index (χ4v) is 3.34. The molecule has 2 heterocycles.